The number of carboxylic acids is 1. The van der Waals surface area contributed by atoms with Crippen molar-refractivity contribution in [2.24, 2.45) is 0 Å². The van der Waals surface area contributed by atoms with Crippen molar-refractivity contribution >= 4 is 41.7 Å². The fourth-order valence-electron chi connectivity index (χ4n) is 1.91. The predicted octanol–water partition coefficient (Wildman–Crippen LogP) is 3.88. The van der Waals surface area contributed by atoms with Crippen molar-refractivity contribution in [2.45, 2.75) is 19.4 Å². The van der Waals surface area contributed by atoms with Gasteiger partial charge in [0.25, 0.3) is 0 Å². The van der Waals surface area contributed by atoms with Crippen LogP contribution in [-0.2, 0) is 11.3 Å². The van der Waals surface area contributed by atoms with E-state index in [4.69, 9.17) is 17.3 Å². The number of para-hydroxylation sites is 1. The molecule has 120 valence electrons. The van der Waals surface area contributed by atoms with Crippen molar-refractivity contribution in [2.75, 3.05) is 0 Å². The molecule has 23 heavy (non-hydrogen) atoms. The minimum Gasteiger partial charge on any atom is -0.507 e. The maximum atomic E-state index is 10.5. The molecular weight excluding hydrogens is 334 g/mol. The lowest BCUT2D eigenvalue weighted by Crippen LogP contribution is -2.01. The van der Waals surface area contributed by atoms with E-state index in [0.29, 0.717) is 27.4 Å². The van der Waals surface area contributed by atoms with Crippen molar-refractivity contribution in [1.82, 2.24) is 4.57 Å². The van der Waals surface area contributed by atoms with Gasteiger partial charge in [0.05, 0.1) is 4.88 Å². The summed E-state index contributed by atoms with van der Waals surface area (Å²) in [5, 5.41) is 28.4. The van der Waals surface area contributed by atoms with Gasteiger partial charge in [-0.05, 0) is 30.8 Å². The Labute approximate surface area is 142 Å². The van der Waals surface area contributed by atoms with Crippen molar-refractivity contribution in [3.05, 3.63) is 44.4 Å². The number of aromatic nitrogens is 1. The molecule has 1 heterocycles. The summed E-state index contributed by atoms with van der Waals surface area (Å²) in [5.41, 5.74) is 3.52. The van der Waals surface area contributed by atoms with Crippen molar-refractivity contribution in [3.63, 3.8) is 0 Å². The summed E-state index contributed by atoms with van der Waals surface area (Å²) in [6.07, 6.45) is 3.60. The molecule has 3 N–H and O–H groups in total. The Morgan fingerprint density at radius 3 is 2.74 bits per heavy atom. The Hall–Kier alpha value is -2.34. The molecule has 1 aromatic carbocycles. The zero-order valence-electron chi connectivity index (χ0n) is 12.1. The first-order valence-electron chi connectivity index (χ1n) is 6.84. The average Bonchev–Trinajstić information content (AvgIpc) is 2.76. The molecule has 5 nitrogen and oxygen atoms in total. The highest BCUT2D eigenvalue weighted by Crippen LogP contribution is 2.27. The largest absolute Gasteiger partial charge is 0.507 e. The number of hydrogen-bond donors (Lipinski definition) is 3. The summed E-state index contributed by atoms with van der Waals surface area (Å²) >= 11 is 6.40. The number of hydrogen-bond acceptors (Lipinski definition) is 5. The third kappa shape index (κ3) is 4.56. The van der Waals surface area contributed by atoms with E-state index in [2.05, 4.69) is 5.73 Å². The quantitative estimate of drug-likeness (QED) is 0.544. The number of carbonyl (C=O) groups is 1. The number of nitrogens with zero attached hydrogens (tertiary/aromatic N) is 1. The topological polar surface area (TPSA) is 82.7 Å². The fourth-order valence-corrected chi connectivity index (χ4v) is 3.16. The van der Waals surface area contributed by atoms with E-state index < -0.39 is 5.97 Å². The molecule has 0 unspecified atom stereocenters. The summed E-state index contributed by atoms with van der Waals surface area (Å²) < 4.78 is 1.99. The van der Waals surface area contributed by atoms with Crippen molar-refractivity contribution in [3.8, 4) is 11.6 Å². The lowest BCUT2D eigenvalue weighted by Gasteiger charge is -2.02. The van der Waals surface area contributed by atoms with E-state index in [1.165, 1.54) is 15.9 Å². The Bertz CT molecular complexity index is 829. The van der Waals surface area contributed by atoms with E-state index in [-0.39, 0.29) is 18.1 Å². The highest BCUT2D eigenvalue weighted by molar-refractivity contribution is 7.73. The van der Waals surface area contributed by atoms with Crippen molar-refractivity contribution in [1.29, 1.82) is 0 Å². The molecule has 0 aliphatic rings. The van der Waals surface area contributed by atoms with Crippen LogP contribution in [0.4, 0.5) is 0 Å². The van der Waals surface area contributed by atoms with Gasteiger partial charge in [-0.3, -0.25) is 9.36 Å². The molecule has 2 rings (SSSR count). The number of benzene rings is 1. The Morgan fingerprint density at radius 2 is 2.04 bits per heavy atom. The van der Waals surface area contributed by atoms with Crippen LogP contribution in [0.2, 0.25) is 0 Å². The molecule has 0 fully saturated rings. The molecule has 0 aliphatic heterocycles. The molecule has 0 atom stereocenters. The number of phenols is 1. The van der Waals surface area contributed by atoms with E-state index in [1.54, 1.807) is 36.4 Å². The van der Waals surface area contributed by atoms with Gasteiger partial charge in [-0.2, -0.15) is 0 Å². The third-order valence-electron chi connectivity index (χ3n) is 3.06. The number of phenolic OH excluding ortho intramolecular Hbond substituents is 1. The van der Waals surface area contributed by atoms with E-state index >= 15 is 0 Å². The predicted molar refractivity (Wildman–Crippen MR) is 92.2 cm³/mol. The Kier molecular flexibility index (Phi) is 5.76. The standard InChI is InChI=1S/C16H15NO4S2/c18-12-7-2-1-5-11(12)6-3-8-13-15(21)17(16(22)23-13)10-4-9-14(19)20/h1-2,5-8,18,21H,4,9-10H2,(H,19,20). The summed E-state index contributed by atoms with van der Waals surface area (Å²) in [5.74, 6) is -0.725. The second-order valence-electron chi connectivity index (χ2n) is 4.72. The van der Waals surface area contributed by atoms with Gasteiger partial charge in [0.2, 0.25) is 5.88 Å². The van der Waals surface area contributed by atoms with Crippen LogP contribution in [0.15, 0.2) is 30.0 Å². The van der Waals surface area contributed by atoms with Crippen LogP contribution in [-0.4, -0.2) is 25.9 Å². The molecule has 0 spiro atoms. The SMILES string of the molecule is O=C(O)CCCn1c(O)c(C=C=Cc2ccccc2O)sc1=S. The second-order valence-corrected chi connectivity index (χ2v) is 6.39. The van der Waals surface area contributed by atoms with Gasteiger partial charge in [-0.1, -0.05) is 18.2 Å². The van der Waals surface area contributed by atoms with Crippen molar-refractivity contribution < 1.29 is 20.1 Å². The first kappa shape index (κ1) is 17.0. The van der Waals surface area contributed by atoms with Gasteiger partial charge in [0.1, 0.15) is 5.75 Å². The summed E-state index contributed by atoms with van der Waals surface area (Å²) in [7, 11) is 0. The summed E-state index contributed by atoms with van der Waals surface area (Å²) in [4.78, 5) is 11.1. The van der Waals surface area contributed by atoms with Gasteiger partial charge in [0, 0.05) is 24.6 Å². The zero-order valence-corrected chi connectivity index (χ0v) is 13.7. The van der Waals surface area contributed by atoms with Crippen LogP contribution in [0.5, 0.6) is 11.6 Å². The Morgan fingerprint density at radius 1 is 1.30 bits per heavy atom. The average molecular weight is 349 g/mol. The van der Waals surface area contributed by atoms with Gasteiger partial charge >= 0.3 is 5.97 Å². The number of aliphatic carboxylic acids is 1. The monoisotopic (exact) mass is 349 g/mol. The Balaban J connectivity index is 2.18. The number of carboxylic acid groups (broad SMARTS) is 1. The number of aromatic hydroxyl groups is 2. The minimum atomic E-state index is -0.878. The van der Waals surface area contributed by atoms with Crippen LogP contribution < -0.4 is 0 Å². The number of thiazole rings is 1. The molecule has 0 amide bonds. The third-order valence-corrected chi connectivity index (χ3v) is 4.44. The van der Waals surface area contributed by atoms with E-state index in [9.17, 15) is 15.0 Å². The fraction of sp³-hybridized carbons (Fsp3) is 0.188. The van der Waals surface area contributed by atoms with Gasteiger partial charge in [-0.25, -0.2) is 0 Å². The van der Waals surface area contributed by atoms with Crippen LogP contribution in [0, 0.1) is 3.95 Å². The molecule has 1 aromatic heterocycles. The lowest BCUT2D eigenvalue weighted by molar-refractivity contribution is -0.137. The van der Waals surface area contributed by atoms with Gasteiger partial charge < -0.3 is 15.3 Å². The highest BCUT2D eigenvalue weighted by Gasteiger charge is 2.09. The van der Waals surface area contributed by atoms with Crippen LogP contribution in [0.3, 0.4) is 0 Å². The van der Waals surface area contributed by atoms with Gasteiger partial charge in [0.15, 0.2) is 3.95 Å². The molecule has 0 radical (unpaired) electrons. The van der Waals surface area contributed by atoms with E-state index in [0.717, 1.165) is 0 Å². The van der Waals surface area contributed by atoms with E-state index in [1.807, 2.05) is 0 Å². The first-order chi connectivity index (χ1) is 11.0. The van der Waals surface area contributed by atoms with Gasteiger partial charge in [-0.15, -0.1) is 17.1 Å². The molecule has 7 heteroatoms. The molecule has 0 saturated heterocycles. The van der Waals surface area contributed by atoms with Crippen LogP contribution in [0.25, 0.3) is 12.2 Å². The normalized spacial score (nSPS) is 10.1. The maximum Gasteiger partial charge on any atom is 0.303 e. The molecule has 0 saturated carbocycles. The second kappa shape index (κ2) is 7.78. The smallest absolute Gasteiger partial charge is 0.303 e. The highest BCUT2D eigenvalue weighted by atomic mass is 32.1. The van der Waals surface area contributed by atoms with Crippen LogP contribution >= 0.6 is 23.6 Å². The molecular formula is C16H15NO4S2. The lowest BCUT2D eigenvalue weighted by atomic mass is 10.2. The first-order valence-corrected chi connectivity index (χ1v) is 8.06. The molecule has 0 aliphatic carbocycles. The molecule has 2 aromatic rings. The summed E-state index contributed by atoms with van der Waals surface area (Å²) in [6, 6.07) is 6.85. The minimum absolute atomic E-state index is 0.00331. The summed E-state index contributed by atoms with van der Waals surface area (Å²) in [6.45, 7) is 0.352. The molecule has 0 bridgehead atoms. The maximum absolute atomic E-state index is 10.5. The number of rotatable bonds is 6. The zero-order chi connectivity index (χ0) is 16.8. The van der Waals surface area contributed by atoms with Crippen LogP contribution in [0.1, 0.15) is 23.3 Å².